The van der Waals surface area contributed by atoms with Crippen LogP contribution in [0.3, 0.4) is 0 Å². The van der Waals surface area contributed by atoms with Crippen molar-refractivity contribution in [3.05, 3.63) is 24.3 Å². The predicted molar refractivity (Wildman–Crippen MR) is 85.3 cm³/mol. The molecule has 7 heteroatoms. The molecule has 0 aliphatic carbocycles. The number of piperidine rings is 1. The van der Waals surface area contributed by atoms with Gasteiger partial charge in [0.1, 0.15) is 0 Å². The van der Waals surface area contributed by atoms with Gasteiger partial charge in [-0.05, 0) is 24.3 Å². The van der Waals surface area contributed by atoms with E-state index in [-0.39, 0.29) is 16.8 Å². The number of nitrogens with one attached hydrogen (secondary N) is 2. The molecule has 0 atom stereocenters. The molecule has 1 aromatic rings. The number of likely N-dealkylation sites (tertiary alicyclic amines) is 1. The van der Waals surface area contributed by atoms with Crippen LogP contribution in [0.1, 0.15) is 19.8 Å². The fourth-order valence-electron chi connectivity index (χ4n) is 2.73. The van der Waals surface area contributed by atoms with Crippen LogP contribution in [-0.2, 0) is 14.8 Å². The molecule has 0 radical (unpaired) electrons. The molecule has 1 aliphatic heterocycles. The lowest BCUT2D eigenvalue weighted by Crippen LogP contribution is -3.10. The summed E-state index contributed by atoms with van der Waals surface area (Å²) >= 11 is 0. The minimum Gasteiger partial charge on any atom is -0.337 e. The van der Waals surface area contributed by atoms with Gasteiger partial charge in [0, 0.05) is 38.5 Å². The van der Waals surface area contributed by atoms with Crippen LogP contribution >= 0.6 is 0 Å². The molecule has 2 rings (SSSR count). The van der Waals surface area contributed by atoms with Crippen molar-refractivity contribution in [2.24, 2.45) is 0 Å². The monoisotopic (exact) mass is 326 g/mol. The van der Waals surface area contributed by atoms with Gasteiger partial charge in [-0.2, -0.15) is 4.31 Å². The van der Waals surface area contributed by atoms with E-state index >= 15 is 0 Å². The first-order valence-corrected chi connectivity index (χ1v) is 8.91. The third-order valence-corrected chi connectivity index (χ3v) is 6.10. The number of anilines is 1. The first kappa shape index (κ1) is 16.9. The van der Waals surface area contributed by atoms with Crippen LogP contribution < -0.4 is 10.2 Å². The Kier molecular flexibility index (Phi) is 5.20. The lowest BCUT2D eigenvalue weighted by molar-refractivity contribution is -0.885. The van der Waals surface area contributed by atoms with Gasteiger partial charge >= 0.3 is 0 Å². The molecule has 1 saturated heterocycles. The first-order chi connectivity index (χ1) is 10.3. The van der Waals surface area contributed by atoms with Crippen LogP contribution in [0.2, 0.25) is 0 Å². The summed E-state index contributed by atoms with van der Waals surface area (Å²) in [4.78, 5) is 12.7. The average Bonchev–Trinajstić information content (AvgIpc) is 2.47. The number of carbonyl (C=O) groups is 1. The lowest BCUT2D eigenvalue weighted by atomic mass is 10.1. The van der Waals surface area contributed by atoms with E-state index in [0.717, 1.165) is 25.9 Å². The summed E-state index contributed by atoms with van der Waals surface area (Å²) in [6.45, 7) is 3.40. The topological polar surface area (TPSA) is 70.9 Å². The molecule has 0 unspecified atom stereocenters. The van der Waals surface area contributed by atoms with E-state index in [1.54, 1.807) is 19.2 Å². The number of nitrogens with zero attached hydrogens (tertiary/aromatic N) is 1. The Balaban J connectivity index is 2.13. The van der Waals surface area contributed by atoms with Crippen molar-refractivity contribution >= 4 is 21.6 Å². The van der Waals surface area contributed by atoms with Gasteiger partial charge in [0.15, 0.2) is 0 Å². The van der Waals surface area contributed by atoms with Gasteiger partial charge in [0.25, 0.3) is 0 Å². The summed E-state index contributed by atoms with van der Waals surface area (Å²) in [6, 6.07) is 6.36. The summed E-state index contributed by atoms with van der Waals surface area (Å²) in [6.07, 6.45) is 1.76. The summed E-state index contributed by atoms with van der Waals surface area (Å²) < 4.78 is 26.8. The Morgan fingerprint density at radius 2 is 1.77 bits per heavy atom. The fraction of sp³-hybridized carbons (Fsp3) is 0.533. The Bertz CT molecular complexity index is 620. The van der Waals surface area contributed by atoms with Crippen molar-refractivity contribution in [2.75, 3.05) is 32.5 Å². The van der Waals surface area contributed by atoms with Crippen molar-refractivity contribution < 1.29 is 18.1 Å². The molecular weight excluding hydrogens is 302 g/mol. The molecule has 2 N–H and O–H groups in total. The van der Waals surface area contributed by atoms with Gasteiger partial charge in [0.2, 0.25) is 15.9 Å². The highest BCUT2D eigenvalue weighted by atomic mass is 32.2. The summed E-state index contributed by atoms with van der Waals surface area (Å²) in [5.41, 5.74) is 0.594. The molecule has 22 heavy (non-hydrogen) atoms. The van der Waals surface area contributed by atoms with Crippen molar-refractivity contribution in [1.29, 1.82) is 0 Å². The molecule has 0 spiro atoms. The highest BCUT2D eigenvalue weighted by Gasteiger charge is 2.31. The average molecular weight is 326 g/mol. The molecule has 1 aliphatic rings. The smallest absolute Gasteiger partial charge is 0.243 e. The van der Waals surface area contributed by atoms with Crippen molar-refractivity contribution in [3.63, 3.8) is 0 Å². The van der Waals surface area contributed by atoms with Crippen LogP contribution in [0.5, 0.6) is 0 Å². The van der Waals surface area contributed by atoms with Gasteiger partial charge in [-0.25, -0.2) is 8.42 Å². The number of benzene rings is 1. The molecule has 6 nitrogen and oxygen atoms in total. The van der Waals surface area contributed by atoms with E-state index in [1.807, 2.05) is 0 Å². The second-order valence-corrected chi connectivity index (χ2v) is 7.91. The van der Waals surface area contributed by atoms with Crippen molar-refractivity contribution in [3.8, 4) is 0 Å². The summed E-state index contributed by atoms with van der Waals surface area (Å²) in [5, 5.41) is 2.63. The van der Waals surface area contributed by atoms with E-state index in [4.69, 9.17) is 0 Å². The Hall–Kier alpha value is -1.44. The molecule has 1 aromatic carbocycles. The van der Waals surface area contributed by atoms with E-state index < -0.39 is 10.0 Å². The highest BCUT2D eigenvalue weighted by Crippen LogP contribution is 2.21. The molecular formula is C15H24N3O3S+. The molecule has 1 amide bonds. The molecule has 122 valence electrons. The number of sulfonamides is 1. The van der Waals surface area contributed by atoms with E-state index in [9.17, 15) is 13.2 Å². The number of rotatable bonds is 4. The maximum Gasteiger partial charge on any atom is 0.243 e. The number of carbonyl (C=O) groups excluding carboxylic acids is 1. The van der Waals surface area contributed by atoms with Crippen molar-refractivity contribution in [2.45, 2.75) is 30.7 Å². The lowest BCUT2D eigenvalue weighted by Gasteiger charge is -2.32. The van der Waals surface area contributed by atoms with E-state index in [1.165, 1.54) is 28.3 Å². The Labute approximate surface area is 132 Å². The van der Waals surface area contributed by atoms with Gasteiger partial charge in [-0.1, -0.05) is 0 Å². The van der Waals surface area contributed by atoms with Gasteiger partial charge < -0.3 is 10.2 Å². The standard InChI is InChI=1S/C15H23N3O3S/c1-12(19)16-13-4-6-15(7-5-13)22(20,21)18(3)14-8-10-17(2)11-9-14/h4-7,14H,8-11H2,1-3H3,(H,16,19)/p+1. The largest absolute Gasteiger partial charge is 0.337 e. The second-order valence-electron chi connectivity index (χ2n) is 5.92. The SMILES string of the molecule is CC(=O)Nc1ccc(S(=O)(=O)N(C)C2CC[NH+](C)CC2)cc1. The van der Waals surface area contributed by atoms with Gasteiger partial charge in [-0.3, -0.25) is 4.79 Å². The van der Waals surface area contributed by atoms with E-state index in [2.05, 4.69) is 12.4 Å². The van der Waals surface area contributed by atoms with Crippen LogP contribution in [0.15, 0.2) is 29.2 Å². The zero-order valence-electron chi connectivity index (χ0n) is 13.3. The third kappa shape index (κ3) is 3.85. The van der Waals surface area contributed by atoms with Crippen LogP contribution in [0.25, 0.3) is 0 Å². The minimum absolute atomic E-state index is 0.0590. The van der Waals surface area contributed by atoms with Gasteiger partial charge in [-0.15, -0.1) is 0 Å². The zero-order valence-corrected chi connectivity index (χ0v) is 14.1. The van der Waals surface area contributed by atoms with Crippen molar-refractivity contribution in [1.82, 2.24) is 4.31 Å². The number of amides is 1. The number of hydrogen-bond donors (Lipinski definition) is 2. The van der Waals surface area contributed by atoms with Crippen LogP contribution in [0.4, 0.5) is 5.69 Å². The van der Waals surface area contributed by atoms with Crippen LogP contribution in [-0.4, -0.2) is 51.9 Å². The fourth-order valence-corrected chi connectivity index (χ4v) is 4.15. The summed E-state index contributed by atoms with van der Waals surface area (Å²) in [7, 11) is 0.296. The molecule has 1 heterocycles. The normalized spacial score (nSPS) is 22.5. The summed E-state index contributed by atoms with van der Waals surface area (Å²) in [5.74, 6) is -0.179. The Morgan fingerprint density at radius 1 is 1.23 bits per heavy atom. The number of hydrogen-bond acceptors (Lipinski definition) is 3. The quantitative estimate of drug-likeness (QED) is 0.814. The predicted octanol–water partition coefficient (Wildman–Crippen LogP) is -0.0574. The van der Waals surface area contributed by atoms with Gasteiger partial charge in [0.05, 0.1) is 25.0 Å². The highest BCUT2D eigenvalue weighted by molar-refractivity contribution is 7.89. The first-order valence-electron chi connectivity index (χ1n) is 7.47. The number of quaternary nitrogens is 1. The zero-order chi connectivity index (χ0) is 16.3. The molecule has 0 bridgehead atoms. The molecule has 1 fully saturated rings. The minimum atomic E-state index is -3.49. The maximum absolute atomic E-state index is 12.7. The maximum atomic E-state index is 12.7. The third-order valence-electron chi connectivity index (χ3n) is 4.17. The Morgan fingerprint density at radius 3 is 2.27 bits per heavy atom. The van der Waals surface area contributed by atoms with E-state index in [0.29, 0.717) is 5.69 Å². The molecule has 0 saturated carbocycles. The van der Waals surface area contributed by atoms with Crippen LogP contribution in [0, 0.1) is 0 Å². The molecule has 0 aromatic heterocycles. The second kappa shape index (κ2) is 6.76.